The minimum absolute atomic E-state index is 0.0584. The molecule has 0 saturated carbocycles. The Bertz CT molecular complexity index is 1260. The van der Waals surface area contributed by atoms with Crippen LogP contribution in [0.2, 0.25) is 0 Å². The van der Waals surface area contributed by atoms with Gasteiger partial charge in [-0.05, 0) is 48.2 Å². The Balaban J connectivity index is 1.83. The second-order valence-corrected chi connectivity index (χ2v) is 9.10. The Morgan fingerprint density at radius 1 is 0.811 bits per heavy atom. The zero-order chi connectivity index (χ0) is 26.0. The summed E-state index contributed by atoms with van der Waals surface area (Å²) in [5, 5.41) is 0. The summed E-state index contributed by atoms with van der Waals surface area (Å²) in [5.74, 6) is 0.596. The van der Waals surface area contributed by atoms with Crippen LogP contribution in [0.3, 0.4) is 0 Å². The molecule has 4 aromatic rings. The number of methoxy groups -OCH3 is 1. The largest absolute Gasteiger partial charge is 0.496 e. The first-order valence-corrected chi connectivity index (χ1v) is 12.8. The summed E-state index contributed by atoms with van der Waals surface area (Å²) in [5.41, 5.74) is 5.51. The van der Waals surface area contributed by atoms with Gasteiger partial charge in [-0.3, -0.25) is 9.69 Å². The Morgan fingerprint density at radius 3 is 2.05 bits per heavy atom. The van der Waals surface area contributed by atoms with E-state index in [0.717, 1.165) is 22.4 Å². The molecule has 0 bridgehead atoms. The van der Waals surface area contributed by atoms with Crippen LogP contribution in [0.25, 0.3) is 11.1 Å². The second kappa shape index (κ2) is 12.9. The van der Waals surface area contributed by atoms with E-state index in [4.69, 9.17) is 9.47 Å². The maximum Gasteiger partial charge on any atom is 0.307 e. The first-order valence-electron chi connectivity index (χ1n) is 12.8. The van der Waals surface area contributed by atoms with Crippen molar-refractivity contribution in [1.82, 2.24) is 4.90 Å². The van der Waals surface area contributed by atoms with E-state index in [2.05, 4.69) is 84.6 Å². The van der Waals surface area contributed by atoms with E-state index in [-0.39, 0.29) is 24.5 Å². The molecular formula is C33H35NO3. The Hall–Kier alpha value is -3.89. The molecule has 0 aliphatic carbocycles. The van der Waals surface area contributed by atoms with Gasteiger partial charge in [-0.1, -0.05) is 97.1 Å². The van der Waals surface area contributed by atoms with Gasteiger partial charge in [0.2, 0.25) is 0 Å². The molecule has 190 valence electrons. The third-order valence-corrected chi connectivity index (χ3v) is 6.75. The molecule has 0 N–H and O–H groups in total. The van der Waals surface area contributed by atoms with Crippen molar-refractivity contribution < 1.29 is 14.3 Å². The maximum atomic E-state index is 12.9. The molecular weight excluding hydrogens is 458 g/mol. The van der Waals surface area contributed by atoms with Crippen molar-refractivity contribution in [3.05, 3.63) is 126 Å². The molecule has 0 aromatic heterocycles. The summed E-state index contributed by atoms with van der Waals surface area (Å²) in [4.78, 5) is 15.3. The van der Waals surface area contributed by atoms with Gasteiger partial charge in [0.25, 0.3) is 0 Å². The van der Waals surface area contributed by atoms with Crippen LogP contribution in [0.5, 0.6) is 5.75 Å². The fraction of sp³-hybridized carbons (Fsp3) is 0.242. The fourth-order valence-corrected chi connectivity index (χ4v) is 4.81. The van der Waals surface area contributed by atoms with E-state index in [0.29, 0.717) is 13.2 Å². The van der Waals surface area contributed by atoms with E-state index in [9.17, 15) is 4.79 Å². The molecule has 4 heteroatoms. The minimum atomic E-state index is -0.206. The quantitative estimate of drug-likeness (QED) is 0.201. The molecule has 4 nitrogen and oxygen atoms in total. The van der Waals surface area contributed by atoms with Crippen LogP contribution in [0.1, 0.15) is 49.0 Å². The van der Waals surface area contributed by atoms with Crippen molar-refractivity contribution in [2.75, 3.05) is 13.7 Å². The van der Waals surface area contributed by atoms with Crippen molar-refractivity contribution in [2.45, 2.75) is 38.9 Å². The van der Waals surface area contributed by atoms with Crippen LogP contribution in [-0.2, 0) is 16.1 Å². The van der Waals surface area contributed by atoms with Crippen LogP contribution in [0.15, 0.2) is 109 Å². The lowest BCUT2D eigenvalue weighted by molar-refractivity contribution is -0.145. The highest BCUT2D eigenvalue weighted by atomic mass is 16.5. The smallest absolute Gasteiger partial charge is 0.307 e. The molecule has 0 amide bonds. The lowest BCUT2D eigenvalue weighted by Crippen LogP contribution is -2.33. The molecule has 0 aliphatic heterocycles. The van der Waals surface area contributed by atoms with Crippen molar-refractivity contribution >= 4 is 5.97 Å². The fourth-order valence-electron chi connectivity index (χ4n) is 4.81. The van der Waals surface area contributed by atoms with Gasteiger partial charge in [0.05, 0.1) is 20.1 Å². The van der Waals surface area contributed by atoms with E-state index in [1.54, 1.807) is 7.11 Å². The average molecular weight is 494 g/mol. The number of benzene rings is 4. The summed E-state index contributed by atoms with van der Waals surface area (Å²) < 4.78 is 11.2. The number of ether oxygens (including phenoxy) is 2. The predicted octanol–water partition coefficient (Wildman–Crippen LogP) is 7.62. The van der Waals surface area contributed by atoms with Gasteiger partial charge >= 0.3 is 5.97 Å². The standard InChI is InChI=1S/C33H35NO3/c1-4-37-33(35)23-31(29-20-21-32(36-3)30(22-29)28-18-12-7-13-19-28)34(24-26-14-8-5-9-15-26)25(2)27-16-10-6-11-17-27/h5-22,25,31H,4,23-24H2,1-3H3/t25-,31?/m1/s1. The lowest BCUT2D eigenvalue weighted by Gasteiger charge is -2.37. The average Bonchev–Trinajstić information content (AvgIpc) is 2.96. The number of hydrogen-bond acceptors (Lipinski definition) is 4. The topological polar surface area (TPSA) is 38.8 Å². The van der Waals surface area contributed by atoms with Crippen LogP contribution < -0.4 is 4.74 Å². The van der Waals surface area contributed by atoms with Crippen molar-refractivity contribution in [2.24, 2.45) is 0 Å². The molecule has 0 radical (unpaired) electrons. The van der Waals surface area contributed by atoms with E-state index < -0.39 is 0 Å². The number of carbonyl (C=O) groups is 1. The van der Waals surface area contributed by atoms with Crippen LogP contribution in [0.4, 0.5) is 0 Å². The van der Waals surface area contributed by atoms with Gasteiger partial charge in [0.1, 0.15) is 5.75 Å². The third-order valence-electron chi connectivity index (χ3n) is 6.75. The summed E-state index contributed by atoms with van der Waals surface area (Å²) in [6, 6.07) is 37.2. The number of esters is 1. The van der Waals surface area contributed by atoms with Gasteiger partial charge in [0.15, 0.2) is 0 Å². The molecule has 4 aromatic carbocycles. The summed E-state index contributed by atoms with van der Waals surface area (Å²) in [7, 11) is 1.69. The first kappa shape index (κ1) is 26.2. The number of nitrogens with zero attached hydrogens (tertiary/aromatic N) is 1. The first-order chi connectivity index (χ1) is 18.1. The highest BCUT2D eigenvalue weighted by molar-refractivity contribution is 5.73. The highest BCUT2D eigenvalue weighted by Crippen LogP contribution is 2.39. The summed E-state index contributed by atoms with van der Waals surface area (Å²) in [6.07, 6.45) is 0.248. The lowest BCUT2D eigenvalue weighted by atomic mass is 9.93. The monoisotopic (exact) mass is 493 g/mol. The molecule has 2 atom stereocenters. The Labute approximate surface area is 220 Å². The molecule has 37 heavy (non-hydrogen) atoms. The molecule has 0 spiro atoms. The minimum Gasteiger partial charge on any atom is -0.496 e. The van der Waals surface area contributed by atoms with Crippen molar-refractivity contribution in [3.8, 4) is 16.9 Å². The number of rotatable bonds is 11. The third kappa shape index (κ3) is 6.66. The van der Waals surface area contributed by atoms with Gasteiger partial charge in [-0.25, -0.2) is 0 Å². The van der Waals surface area contributed by atoms with E-state index >= 15 is 0 Å². The van der Waals surface area contributed by atoms with E-state index in [1.807, 2.05) is 43.3 Å². The van der Waals surface area contributed by atoms with Gasteiger partial charge in [0, 0.05) is 24.2 Å². The van der Waals surface area contributed by atoms with Crippen LogP contribution in [-0.4, -0.2) is 24.6 Å². The SMILES string of the molecule is CCOC(=O)CC(c1ccc(OC)c(-c2ccccc2)c1)N(Cc1ccccc1)[C@H](C)c1ccccc1. The molecule has 0 heterocycles. The molecule has 0 fully saturated rings. The Kier molecular flexibility index (Phi) is 9.12. The normalized spacial score (nSPS) is 12.6. The van der Waals surface area contributed by atoms with Crippen LogP contribution in [0, 0.1) is 0 Å². The molecule has 0 aliphatic rings. The van der Waals surface area contributed by atoms with Gasteiger partial charge in [-0.2, -0.15) is 0 Å². The predicted molar refractivity (Wildman–Crippen MR) is 149 cm³/mol. The number of carbonyl (C=O) groups excluding carboxylic acids is 1. The zero-order valence-corrected chi connectivity index (χ0v) is 21.8. The van der Waals surface area contributed by atoms with Gasteiger partial charge in [-0.15, -0.1) is 0 Å². The van der Waals surface area contributed by atoms with Crippen LogP contribution >= 0.6 is 0 Å². The molecule has 0 saturated heterocycles. The molecule has 4 rings (SSSR count). The maximum absolute atomic E-state index is 12.9. The zero-order valence-electron chi connectivity index (χ0n) is 21.8. The number of hydrogen-bond donors (Lipinski definition) is 0. The van der Waals surface area contributed by atoms with E-state index in [1.165, 1.54) is 11.1 Å². The van der Waals surface area contributed by atoms with Crippen molar-refractivity contribution in [1.29, 1.82) is 0 Å². The second-order valence-electron chi connectivity index (χ2n) is 9.10. The summed E-state index contributed by atoms with van der Waals surface area (Å²) in [6.45, 7) is 5.10. The highest BCUT2D eigenvalue weighted by Gasteiger charge is 2.29. The Morgan fingerprint density at radius 2 is 1.43 bits per heavy atom. The molecule has 1 unspecified atom stereocenters. The van der Waals surface area contributed by atoms with Gasteiger partial charge < -0.3 is 9.47 Å². The summed E-state index contributed by atoms with van der Waals surface area (Å²) >= 11 is 0. The van der Waals surface area contributed by atoms with Crippen molar-refractivity contribution in [3.63, 3.8) is 0 Å².